The lowest BCUT2D eigenvalue weighted by Gasteiger charge is -2.23. The van der Waals surface area contributed by atoms with Crippen LogP contribution < -0.4 is 0 Å². The summed E-state index contributed by atoms with van der Waals surface area (Å²) in [5.41, 5.74) is -0.0700. The standard InChI is InChI=1S/C15H18BrN3S/c1-15(2,12-7-10(16)8-20-12)14-18-17-13(9-3-4-9)19(14)11-5-6-11/h7-9,11H,3-6H2,1-2H3. The van der Waals surface area contributed by atoms with Crippen LogP contribution in [0.15, 0.2) is 15.9 Å². The molecule has 0 aromatic carbocycles. The first kappa shape index (κ1) is 13.0. The van der Waals surface area contributed by atoms with E-state index >= 15 is 0 Å². The van der Waals surface area contributed by atoms with Crippen molar-refractivity contribution in [3.63, 3.8) is 0 Å². The van der Waals surface area contributed by atoms with Crippen LogP contribution in [0.4, 0.5) is 0 Å². The first-order chi connectivity index (χ1) is 9.57. The van der Waals surface area contributed by atoms with E-state index in [1.54, 1.807) is 11.3 Å². The molecule has 0 aliphatic heterocycles. The van der Waals surface area contributed by atoms with E-state index in [-0.39, 0.29) is 5.41 Å². The van der Waals surface area contributed by atoms with E-state index in [1.807, 2.05) is 0 Å². The molecule has 2 aliphatic rings. The van der Waals surface area contributed by atoms with Gasteiger partial charge in [0.25, 0.3) is 0 Å². The SMILES string of the molecule is CC(C)(c1cc(Br)cs1)c1nnc(C2CC2)n1C1CC1. The lowest BCUT2D eigenvalue weighted by Crippen LogP contribution is -2.23. The molecule has 0 amide bonds. The molecule has 3 nitrogen and oxygen atoms in total. The van der Waals surface area contributed by atoms with Gasteiger partial charge in [0, 0.05) is 26.7 Å². The lowest BCUT2D eigenvalue weighted by molar-refractivity contribution is 0.533. The number of rotatable bonds is 4. The van der Waals surface area contributed by atoms with Crippen molar-refractivity contribution in [3.8, 4) is 0 Å². The largest absolute Gasteiger partial charge is 0.311 e. The molecule has 0 radical (unpaired) electrons. The summed E-state index contributed by atoms with van der Waals surface area (Å²) >= 11 is 5.36. The van der Waals surface area contributed by atoms with Gasteiger partial charge in [0.05, 0.1) is 5.41 Å². The van der Waals surface area contributed by atoms with Gasteiger partial charge < -0.3 is 4.57 Å². The van der Waals surface area contributed by atoms with Crippen molar-refractivity contribution in [1.82, 2.24) is 14.8 Å². The quantitative estimate of drug-likeness (QED) is 0.803. The van der Waals surface area contributed by atoms with E-state index < -0.39 is 0 Å². The molecule has 2 fully saturated rings. The van der Waals surface area contributed by atoms with Crippen LogP contribution in [-0.4, -0.2) is 14.8 Å². The molecule has 5 heteroatoms. The maximum Gasteiger partial charge on any atom is 0.144 e. The molecule has 2 aliphatic carbocycles. The zero-order valence-electron chi connectivity index (χ0n) is 11.8. The molecule has 20 heavy (non-hydrogen) atoms. The maximum atomic E-state index is 4.60. The molecule has 0 N–H and O–H groups in total. The van der Waals surface area contributed by atoms with E-state index in [1.165, 1.54) is 36.4 Å². The average Bonchev–Trinajstić information content (AvgIpc) is 3.34. The Hall–Kier alpha value is -0.680. The van der Waals surface area contributed by atoms with Gasteiger partial charge in [-0.05, 0) is 61.5 Å². The molecule has 0 spiro atoms. The molecule has 0 saturated heterocycles. The van der Waals surface area contributed by atoms with Crippen LogP contribution in [0.3, 0.4) is 0 Å². The summed E-state index contributed by atoms with van der Waals surface area (Å²) in [6, 6.07) is 2.87. The molecule has 2 aromatic heterocycles. The van der Waals surface area contributed by atoms with Gasteiger partial charge >= 0.3 is 0 Å². The fourth-order valence-corrected chi connectivity index (χ4v) is 4.34. The van der Waals surface area contributed by atoms with Crippen molar-refractivity contribution in [2.24, 2.45) is 0 Å². The molecule has 0 atom stereocenters. The highest BCUT2D eigenvalue weighted by molar-refractivity contribution is 9.10. The van der Waals surface area contributed by atoms with Crippen LogP contribution in [0.5, 0.6) is 0 Å². The van der Waals surface area contributed by atoms with Gasteiger partial charge in [-0.3, -0.25) is 0 Å². The number of nitrogens with zero attached hydrogens (tertiary/aromatic N) is 3. The Bertz CT molecular complexity index is 650. The van der Waals surface area contributed by atoms with Crippen LogP contribution in [0.25, 0.3) is 0 Å². The minimum atomic E-state index is -0.0700. The van der Waals surface area contributed by atoms with Gasteiger partial charge in [-0.25, -0.2) is 0 Å². The average molecular weight is 352 g/mol. The van der Waals surface area contributed by atoms with Gasteiger partial charge in [-0.1, -0.05) is 0 Å². The third-order valence-corrected chi connectivity index (χ3v) is 6.33. The highest BCUT2D eigenvalue weighted by atomic mass is 79.9. The molecule has 0 bridgehead atoms. The van der Waals surface area contributed by atoms with Crippen molar-refractivity contribution in [2.75, 3.05) is 0 Å². The zero-order valence-corrected chi connectivity index (χ0v) is 14.2. The molecule has 2 heterocycles. The topological polar surface area (TPSA) is 30.7 Å². The second-order valence-corrected chi connectivity index (χ2v) is 8.34. The van der Waals surface area contributed by atoms with Gasteiger partial charge in [-0.15, -0.1) is 21.5 Å². The van der Waals surface area contributed by atoms with Gasteiger partial charge in [0.1, 0.15) is 11.6 Å². The Morgan fingerprint density at radius 3 is 2.55 bits per heavy atom. The Morgan fingerprint density at radius 2 is 2.00 bits per heavy atom. The maximum absolute atomic E-state index is 4.60. The summed E-state index contributed by atoms with van der Waals surface area (Å²) in [5, 5.41) is 11.3. The predicted molar refractivity (Wildman–Crippen MR) is 84.4 cm³/mol. The summed E-state index contributed by atoms with van der Waals surface area (Å²) in [6.45, 7) is 4.54. The van der Waals surface area contributed by atoms with Crippen molar-refractivity contribution < 1.29 is 0 Å². The molecule has 106 valence electrons. The number of thiophene rings is 1. The van der Waals surface area contributed by atoms with Crippen molar-refractivity contribution in [3.05, 3.63) is 32.4 Å². The van der Waals surface area contributed by atoms with Gasteiger partial charge in [-0.2, -0.15) is 0 Å². The Morgan fingerprint density at radius 1 is 1.25 bits per heavy atom. The second-order valence-electron chi connectivity index (χ2n) is 6.51. The number of hydrogen-bond acceptors (Lipinski definition) is 3. The number of halogens is 1. The van der Waals surface area contributed by atoms with Crippen LogP contribution in [0.2, 0.25) is 0 Å². The Kier molecular flexibility index (Phi) is 2.87. The van der Waals surface area contributed by atoms with E-state index in [4.69, 9.17) is 0 Å². The normalized spacial score (nSPS) is 19.6. The molecule has 4 rings (SSSR count). The summed E-state index contributed by atoms with van der Waals surface area (Å²) in [5.74, 6) is 3.06. The molecular formula is C15H18BrN3S. The van der Waals surface area contributed by atoms with Gasteiger partial charge in [0.2, 0.25) is 0 Å². The van der Waals surface area contributed by atoms with Crippen LogP contribution >= 0.6 is 27.3 Å². The summed E-state index contributed by atoms with van der Waals surface area (Å²) in [6.07, 6.45) is 5.15. The van der Waals surface area contributed by atoms with E-state index in [9.17, 15) is 0 Å². The minimum Gasteiger partial charge on any atom is -0.311 e. The third-order valence-electron chi connectivity index (χ3n) is 4.32. The smallest absolute Gasteiger partial charge is 0.144 e. The third kappa shape index (κ3) is 2.06. The molecule has 2 aromatic rings. The summed E-state index contributed by atoms with van der Waals surface area (Å²) in [7, 11) is 0. The van der Waals surface area contributed by atoms with Crippen molar-refractivity contribution in [2.45, 2.75) is 56.9 Å². The Labute approximate surface area is 131 Å². The first-order valence-electron chi connectivity index (χ1n) is 7.27. The molecule has 2 saturated carbocycles. The minimum absolute atomic E-state index is 0.0700. The van der Waals surface area contributed by atoms with Gasteiger partial charge in [0.15, 0.2) is 0 Å². The summed E-state index contributed by atoms with van der Waals surface area (Å²) in [4.78, 5) is 1.35. The lowest BCUT2D eigenvalue weighted by atomic mass is 9.90. The van der Waals surface area contributed by atoms with E-state index in [2.05, 4.69) is 56.0 Å². The molecule has 0 unspecified atom stereocenters. The van der Waals surface area contributed by atoms with Crippen LogP contribution in [-0.2, 0) is 5.41 Å². The fourth-order valence-electron chi connectivity index (χ4n) is 2.79. The highest BCUT2D eigenvalue weighted by Crippen LogP contribution is 2.47. The Balaban J connectivity index is 1.81. The van der Waals surface area contributed by atoms with Crippen LogP contribution in [0.1, 0.15) is 68.0 Å². The van der Waals surface area contributed by atoms with Crippen molar-refractivity contribution in [1.29, 1.82) is 0 Å². The van der Waals surface area contributed by atoms with E-state index in [0.717, 1.165) is 10.3 Å². The number of hydrogen-bond donors (Lipinski definition) is 0. The van der Waals surface area contributed by atoms with Crippen molar-refractivity contribution >= 4 is 27.3 Å². The monoisotopic (exact) mass is 351 g/mol. The predicted octanol–water partition coefficient (Wildman–Crippen LogP) is 4.64. The molecular weight excluding hydrogens is 334 g/mol. The zero-order chi connectivity index (χ0) is 13.9. The summed E-state index contributed by atoms with van der Waals surface area (Å²) < 4.78 is 3.62. The van der Waals surface area contributed by atoms with E-state index in [0.29, 0.717) is 12.0 Å². The van der Waals surface area contributed by atoms with Crippen LogP contribution in [0, 0.1) is 0 Å². The number of aromatic nitrogens is 3. The second kappa shape index (κ2) is 4.41. The highest BCUT2D eigenvalue weighted by Gasteiger charge is 2.40. The fraction of sp³-hybridized carbons (Fsp3) is 0.600. The first-order valence-corrected chi connectivity index (χ1v) is 8.94.